The average molecular weight is 285 g/mol. The molecule has 0 aliphatic carbocycles. The zero-order valence-corrected chi connectivity index (χ0v) is 11.9. The number of halogens is 1. The molecule has 1 rings (SSSR count). The van der Waals surface area contributed by atoms with Crippen LogP contribution in [0.3, 0.4) is 0 Å². The largest absolute Gasteiger partial charge is 0.484 e. The third-order valence-electron chi connectivity index (χ3n) is 2.79. The average Bonchev–Trinajstić information content (AvgIpc) is 2.45. The van der Waals surface area contributed by atoms with Gasteiger partial charge >= 0.3 is 0 Å². The Morgan fingerprint density at radius 1 is 1.30 bits per heavy atom. The third-order valence-corrected chi connectivity index (χ3v) is 2.79. The molecule has 112 valence electrons. The van der Waals surface area contributed by atoms with Gasteiger partial charge in [0.25, 0.3) is 5.91 Å². The Kier molecular flexibility index (Phi) is 6.41. The minimum atomic E-state index is -0.583. The molecule has 0 saturated carbocycles. The van der Waals surface area contributed by atoms with Gasteiger partial charge in [-0.2, -0.15) is 0 Å². The molecule has 20 heavy (non-hydrogen) atoms. The van der Waals surface area contributed by atoms with Crippen LogP contribution >= 0.6 is 0 Å². The smallest absolute Gasteiger partial charge is 0.258 e. The van der Waals surface area contributed by atoms with Crippen LogP contribution in [0.25, 0.3) is 0 Å². The Labute approximate surface area is 118 Å². The number of hydrogen-bond donors (Lipinski definition) is 1. The second-order valence-electron chi connectivity index (χ2n) is 4.61. The Morgan fingerprint density at radius 3 is 2.50 bits per heavy atom. The fourth-order valence-electron chi connectivity index (χ4n) is 1.50. The maximum atomic E-state index is 12.7. The van der Waals surface area contributed by atoms with Gasteiger partial charge in [0.1, 0.15) is 17.2 Å². The summed E-state index contributed by atoms with van der Waals surface area (Å²) in [6, 6.07) is 5.47. The van der Waals surface area contributed by atoms with Crippen LogP contribution in [0.15, 0.2) is 24.3 Å². The summed E-state index contributed by atoms with van der Waals surface area (Å²) in [5.41, 5.74) is -0.583. The molecule has 0 heterocycles. The summed E-state index contributed by atoms with van der Waals surface area (Å²) in [5, 5.41) is 2.70. The standard InChI is InChI=1S/C14H20FNO4/c1-14(19-3,10-18-2)9-16-13(17)8-20-12-6-4-11(15)5-7-12/h4-7H,8-10H2,1-3H3,(H,16,17). The predicted octanol–water partition coefficient (Wildman–Crippen LogP) is 1.37. The van der Waals surface area contributed by atoms with Crippen molar-refractivity contribution in [1.82, 2.24) is 5.32 Å². The highest BCUT2D eigenvalue weighted by molar-refractivity contribution is 5.77. The summed E-state index contributed by atoms with van der Waals surface area (Å²) >= 11 is 0. The number of benzene rings is 1. The highest BCUT2D eigenvalue weighted by atomic mass is 19.1. The van der Waals surface area contributed by atoms with E-state index in [1.807, 2.05) is 6.92 Å². The fraction of sp³-hybridized carbons (Fsp3) is 0.500. The van der Waals surface area contributed by atoms with E-state index >= 15 is 0 Å². The third kappa shape index (κ3) is 5.54. The molecule has 1 N–H and O–H groups in total. The van der Waals surface area contributed by atoms with Crippen LogP contribution in [0.4, 0.5) is 4.39 Å². The van der Waals surface area contributed by atoms with Crippen LogP contribution in [0, 0.1) is 5.82 Å². The molecule has 1 aromatic carbocycles. The molecule has 1 aromatic rings. The van der Waals surface area contributed by atoms with Crippen molar-refractivity contribution in [2.24, 2.45) is 0 Å². The van der Waals surface area contributed by atoms with E-state index < -0.39 is 5.60 Å². The van der Waals surface area contributed by atoms with Crippen molar-refractivity contribution in [1.29, 1.82) is 0 Å². The van der Waals surface area contributed by atoms with Gasteiger partial charge in [-0.05, 0) is 31.2 Å². The monoisotopic (exact) mass is 285 g/mol. The van der Waals surface area contributed by atoms with Crippen LogP contribution in [0.5, 0.6) is 5.75 Å². The fourth-order valence-corrected chi connectivity index (χ4v) is 1.50. The number of rotatable bonds is 8. The van der Waals surface area contributed by atoms with E-state index in [-0.39, 0.29) is 18.3 Å². The van der Waals surface area contributed by atoms with Crippen molar-refractivity contribution in [2.75, 3.05) is 34.0 Å². The summed E-state index contributed by atoms with van der Waals surface area (Å²) in [7, 11) is 3.12. The topological polar surface area (TPSA) is 56.8 Å². The van der Waals surface area contributed by atoms with E-state index in [9.17, 15) is 9.18 Å². The zero-order chi connectivity index (χ0) is 15.0. The second-order valence-corrected chi connectivity index (χ2v) is 4.61. The van der Waals surface area contributed by atoms with E-state index in [1.54, 1.807) is 14.2 Å². The summed E-state index contributed by atoms with van der Waals surface area (Å²) in [5.74, 6) is -0.195. The molecule has 0 radical (unpaired) electrons. The SMILES string of the molecule is COCC(C)(CNC(=O)COc1ccc(F)cc1)OC. The number of nitrogens with one attached hydrogen (secondary N) is 1. The Bertz CT molecular complexity index is 424. The van der Waals surface area contributed by atoms with Gasteiger partial charge in [-0.15, -0.1) is 0 Å². The molecule has 0 fully saturated rings. The Balaban J connectivity index is 2.35. The normalized spacial score (nSPS) is 13.6. The van der Waals surface area contributed by atoms with Crippen LogP contribution in [-0.2, 0) is 14.3 Å². The molecule has 0 aromatic heterocycles. The van der Waals surface area contributed by atoms with Crippen LogP contribution in [-0.4, -0.2) is 45.5 Å². The van der Waals surface area contributed by atoms with Crippen molar-refractivity contribution < 1.29 is 23.4 Å². The summed E-state index contributed by atoms with van der Waals surface area (Å²) < 4.78 is 28.2. The molecule has 0 saturated heterocycles. The summed E-state index contributed by atoms with van der Waals surface area (Å²) in [6.45, 7) is 2.36. The van der Waals surface area contributed by atoms with Crippen LogP contribution < -0.4 is 10.1 Å². The Hall–Kier alpha value is -1.66. The van der Waals surface area contributed by atoms with Crippen LogP contribution in [0.1, 0.15) is 6.92 Å². The highest BCUT2D eigenvalue weighted by Gasteiger charge is 2.24. The van der Waals surface area contributed by atoms with Crippen LogP contribution in [0.2, 0.25) is 0 Å². The van der Waals surface area contributed by atoms with Crippen molar-refractivity contribution >= 4 is 5.91 Å². The van der Waals surface area contributed by atoms with Gasteiger partial charge in [0.2, 0.25) is 0 Å². The van der Waals surface area contributed by atoms with Crippen molar-refractivity contribution in [3.05, 3.63) is 30.1 Å². The number of carbonyl (C=O) groups excluding carboxylic acids is 1. The first-order valence-corrected chi connectivity index (χ1v) is 6.18. The van der Waals surface area contributed by atoms with Crippen molar-refractivity contribution in [2.45, 2.75) is 12.5 Å². The van der Waals surface area contributed by atoms with Crippen molar-refractivity contribution in [3.63, 3.8) is 0 Å². The molecule has 0 aliphatic heterocycles. The summed E-state index contributed by atoms with van der Waals surface area (Å²) in [6.07, 6.45) is 0. The first kappa shape index (κ1) is 16.4. The molecule has 0 spiro atoms. The van der Waals surface area contributed by atoms with E-state index in [1.165, 1.54) is 24.3 Å². The molecule has 0 bridgehead atoms. The van der Waals surface area contributed by atoms with Crippen molar-refractivity contribution in [3.8, 4) is 5.75 Å². The molecule has 6 heteroatoms. The molecule has 1 amide bonds. The lowest BCUT2D eigenvalue weighted by Gasteiger charge is -2.27. The van der Waals surface area contributed by atoms with Gasteiger partial charge in [-0.25, -0.2) is 4.39 Å². The first-order valence-electron chi connectivity index (χ1n) is 6.18. The molecular formula is C14H20FNO4. The molecule has 1 atom stereocenters. The van der Waals surface area contributed by atoms with E-state index in [2.05, 4.69) is 5.32 Å². The quantitative estimate of drug-likeness (QED) is 0.784. The molecule has 0 aliphatic rings. The Morgan fingerprint density at radius 2 is 1.95 bits per heavy atom. The van der Waals surface area contributed by atoms with E-state index in [0.29, 0.717) is 18.9 Å². The van der Waals surface area contributed by atoms with E-state index in [0.717, 1.165) is 0 Å². The number of hydrogen-bond acceptors (Lipinski definition) is 4. The highest BCUT2D eigenvalue weighted by Crippen LogP contribution is 2.11. The molecule has 1 unspecified atom stereocenters. The van der Waals surface area contributed by atoms with Gasteiger partial charge in [-0.1, -0.05) is 0 Å². The van der Waals surface area contributed by atoms with Gasteiger partial charge < -0.3 is 19.5 Å². The molecule has 5 nitrogen and oxygen atoms in total. The zero-order valence-electron chi connectivity index (χ0n) is 11.9. The number of carbonyl (C=O) groups is 1. The van der Waals surface area contributed by atoms with E-state index in [4.69, 9.17) is 14.2 Å². The molecular weight excluding hydrogens is 265 g/mol. The lowest BCUT2D eigenvalue weighted by atomic mass is 10.1. The lowest BCUT2D eigenvalue weighted by Crippen LogP contribution is -2.46. The van der Waals surface area contributed by atoms with Gasteiger partial charge in [0.05, 0.1) is 6.61 Å². The number of ether oxygens (including phenoxy) is 3. The number of amides is 1. The second kappa shape index (κ2) is 7.81. The van der Waals surface area contributed by atoms with Gasteiger partial charge in [0.15, 0.2) is 6.61 Å². The van der Waals surface area contributed by atoms with Gasteiger partial charge in [-0.3, -0.25) is 4.79 Å². The predicted molar refractivity (Wildman–Crippen MR) is 72.2 cm³/mol. The minimum Gasteiger partial charge on any atom is -0.484 e. The van der Waals surface area contributed by atoms with Gasteiger partial charge in [0, 0.05) is 20.8 Å². The maximum absolute atomic E-state index is 12.7. The first-order chi connectivity index (χ1) is 9.49. The maximum Gasteiger partial charge on any atom is 0.258 e. The lowest BCUT2D eigenvalue weighted by molar-refractivity contribution is -0.125. The number of methoxy groups -OCH3 is 2. The minimum absolute atomic E-state index is 0.140. The summed E-state index contributed by atoms with van der Waals surface area (Å²) in [4.78, 5) is 11.6.